The Balaban J connectivity index is 1.45. The van der Waals surface area contributed by atoms with Crippen molar-refractivity contribution in [2.45, 2.75) is 37.0 Å². The lowest BCUT2D eigenvalue weighted by Crippen LogP contribution is -2.37. The van der Waals surface area contributed by atoms with Gasteiger partial charge in [-0.05, 0) is 22.3 Å². The minimum absolute atomic E-state index is 0.313. The summed E-state index contributed by atoms with van der Waals surface area (Å²) in [6.45, 7) is 0. The number of hydrogen-bond donors (Lipinski definition) is 0. The largest absolute Gasteiger partial charge is 0.249 e. The monoisotopic (exact) mass is 427 g/mol. The average molecular weight is 428 g/mol. The van der Waals surface area contributed by atoms with Crippen LogP contribution in [0.1, 0.15) is 57.5 Å². The molecule has 7 rings (SSSR count). The molecule has 4 aromatic carbocycles. The van der Waals surface area contributed by atoms with E-state index in [2.05, 4.69) is 125 Å². The molecular formula is C31H27N2+. The minimum atomic E-state index is 0.313. The molecule has 3 heterocycles. The number of hydrogen-bond acceptors (Lipinski definition) is 1. The molecular weight excluding hydrogens is 400 g/mol. The molecule has 0 bridgehead atoms. The second kappa shape index (κ2) is 7.45. The number of benzene rings is 4. The molecule has 0 amide bonds. The fourth-order valence-corrected chi connectivity index (χ4v) is 6.41. The topological polar surface area (TPSA) is 6.25 Å². The summed E-state index contributed by atoms with van der Waals surface area (Å²) in [5, 5.41) is 0. The Bertz CT molecular complexity index is 1340. The van der Waals surface area contributed by atoms with Crippen LogP contribution < -0.4 is 0 Å². The molecule has 2 nitrogen and oxygen atoms in total. The van der Waals surface area contributed by atoms with Gasteiger partial charge in [0, 0.05) is 24.0 Å². The van der Waals surface area contributed by atoms with Crippen molar-refractivity contribution in [3.05, 3.63) is 143 Å². The van der Waals surface area contributed by atoms with E-state index in [1.165, 1.54) is 33.4 Å². The Kier molecular flexibility index (Phi) is 4.26. The summed E-state index contributed by atoms with van der Waals surface area (Å²) in [6, 6.07) is 41.7. The third-order valence-electron chi connectivity index (χ3n) is 7.87. The van der Waals surface area contributed by atoms with Crippen molar-refractivity contribution in [1.82, 2.24) is 4.90 Å². The lowest BCUT2D eigenvalue weighted by Gasteiger charge is -2.37. The van der Waals surface area contributed by atoms with E-state index in [1.54, 1.807) is 0 Å². The molecule has 0 unspecified atom stereocenters. The van der Waals surface area contributed by atoms with E-state index in [0.717, 1.165) is 12.8 Å². The van der Waals surface area contributed by atoms with Crippen LogP contribution in [0, 0.1) is 0 Å². The smallest absolute Gasteiger partial charge is 0.236 e. The molecule has 0 aromatic heterocycles. The van der Waals surface area contributed by atoms with Gasteiger partial charge in [0.1, 0.15) is 12.1 Å². The zero-order chi connectivity index (χ0) is 21.8. The van der Waals surface area contributed by atoms with Gasteiger partial charge in [-0.15, -0.1) is 0 Å². The molecule has 0 aliphatic carbocycles. The fraction of sp³-hybridized carbons (Fsp3) is 0.194. The van der Waals surface area contributed by atoms with E-state index in [4.69, 9.17) is 0 Å². The molecule has 0 radical (unpaired) electrons. The maximum absolute atomic E-state index is 2.67. The lowest BCUT2D eigenvalue weighted by atomic mass is 9.78. The number of fused-ring (bicyclic) bond motifs is 7. The molecule has 4 atom stereocenters. The summed E-state index contributed by atoms with van der Waals surface area (Å²) in [4.78, 5) is 2.67. The van der Waals surface area contributed by atoms with Crippen LogP contribution in [0.25, 0.3) is 0 Å². The van der Waals surface area contributed by atoms with Gasteiger partial charge >= 0.3 is 0 Å². The Morgan fingerprint density at radius 3 is 1.88 bits per heavy atom. The summed E-state index contributed by atoms with van der Waals surface area (Å²) in [5.74, 6) is 0. The average Bonchev–Trinajstić information content (AvgIpc) is 3.30. The van der Waals surface area contributed by atoms with Gasteiger partial charge in [-0.25, -0.2) is 9.48 Å². The summed E-state index contributed by atoms with van der Waals surface area (Å²) in [6.07, 6.45) is 4.56. The van der Waals surface area contributed by atoms with Crippen LogP contribution >= 0.6 is 0 Å². The third kappa shape index (κ3) is 2.90. The Labute approximate surface area is 195 Å². The highest BCUT2D eigenvalue weighted by molar-refractivity contribution is 5.59. The molecule has 33 heavy (non-hydrogen) atoms. The van der Waals surface area contributed by atoms with Crippen molar-refractivity contribution >= 4 is 6.34 Å². The molecule has 0 N–H and O–H groups in total. The first kappa shape index (κ1) is 18.9. The van der Waals surface area contributed by atoms with Crippen molar-refractivity contribution in [2.75, 3.05) is 0 Å². The van der Waals surface area contributed by atoms with E-state index in [-0.39, 0.29) is 0 Å². The summed E-state index contributed by atoms with van der Waals surface area (Å²) in [5.41, 5.74) is 8.74. The van der Waals surface area contributed by atoms with E-state index >= 15 is 0 Å². The van der Waals surface area contributed by atoms with E-state index in [9.17, 15) is 0 Å². The van der Waals surface area contributed by atoms with Crippen LogP contribution in [0.15, 0.2) is 109 Å². The minimum Gasteiger partial charge on any atom is -0.249 e. The van der Waals surface area contributed by atoms with Gasteiger partial charge in [-0.3, -0.25) is 0 Å². The summed E-state index contributed by atoms with van der Waals surface area (Å²) < 4.78 is 2.67. The van der Waals surface area contributed by atoms with Crippen LogP contribution in [0.2, 0.25) is 0 Å². The maximum atomic E-state index is 2.67. The predicted octanol–water partition coefficient (Wildman–Crippen LogP) is 6.42. The molecule has 0 saturated heterocycles. The molecule has 0 spiro atoms. The van der Waals surface area contributed by atoms with Crippen LogP contribution in [0.3, 0.4) is 0 Å². The van der Waals surface area contributed by atoms with Gasteiger partial charge in [0.15, 0.2) is 12.1 Å². The maximum Gasteiger partial charge on any atom is 0.236 e. The van der Waals surface area contributed by atoms with Gasteiger partial charge < -0.3 is 0 Å². The highest BCUT2D eigenvalue weighted by Crippen LogP contribution is 2.53. The van der Waals surface area contributed by atoms with Crippen molar-refractivity contribution in [3.8, 4) is 0 Å². The Morgan fingerprint density at radius 2 is 1.15 bits per heavy atom. The molecule has 0 fully saturated rings. The number of rotatable bonds is 2. The highest BCUT2D eigenvalue weighted by atomic mass is 15.4. The van der Waals surface area contributed by atoms with Gasteiger partial charge in [0.2, 0.25) is 6.34 Å². The molecule has 3 aliphatic heterocycles. The standard InChI is InChI=1S/C31H27N2/c1-3-11-22(12-4-1)28-19-24-15-7-9-17-26(24)30-31-27-18-10-8-16-25(27)20-29(33(31)21-32(28)30)23-13-5-2-6-14-23/h1-18,21,28-31H,19-20H2/q+1/t28-,29-,30-,31-/m1/s1. The van der Waals surface area contributed by atoms with Crippen molar-refractivity contribution < 1.29 is 4.58 Å². The van der Waals surface area contributed by atoms with E-state index in [0.29, 0.717) is 24.2 Å². The van der Waals surface area contributed by atoms with Crippen molar-refractivity contribution in [3.63, 3.8) is 0 Å². The molecule has 4 aromatic rings. The first-order chi connectivity index (χ1) is 16.4. The van der Waals surface area contributed by atoms with Gasteiger partial charge in [0.05, 0.1) is 0 Å². The van der Waals surface area contributed by atoms with Crippen LogP contribution in [-0.4, -0.2) is 15.8 Å². The van der Waals surface area contributed by atoms with Crippen molar-refractivity contribution in [1.29, 1.82) is 0 Å². The summed E-state index contributed by atoms with van der Waals surface area (Å²) >= 11 is 0. The quantitative estimate of drug-likeness (QED) is 0.335. The molecule has 0 saturated carbocycles. The van der Waals surface area contributed by atoms with Crippen LogP contribution in [0.4, 0.5) is 0 Å². The zero-order valence-electron chi connectivity index (χ0n) is 18.6. The van der Waals surface area contributed by atoms with Gasteiger partial charge in [-0.2, -0.15) is 0 Å². The van der Waals surface area contributed by atoms with Crippen molar-refractivity contribution in [2.24, 2.45) is 0 Å². The van der Waals surface area contributed by atoms with E-state index in [1.807, 2.05) is 0 Å². The van der Waals surface area contributed by atoms with Gasteiger partial charge in [-0.1, -0.05) is 109 Å². The molecule has 3 aliphatic rings. The number of nitrogens with zero attached hydrogens (tertiary/aromatic N) is 2. The van der Waals surface area contributed by atoms with E-state index < -0.39 is 0 Å². The first-order valence-corrected chi connectivity index (χ1v) is 12.0. The third-order valence-corrected chi connectivity index (χ3v) is 7.87. The summed E-state index contributed by atoms with van der Waals surface area (Å²) in [7, 11) is 0. The predicted molar refractivity (Wildman–Crippen MR) is 132 cm³/mol. The molecule has 2 heteroatoms. The Hall–Kier alpha value is -3.65. The first-order valence-electron chi connectivity index (χ1n) is 12.0. The van der Waals surface area contributed by atoms with Crippen LogP contribution in [-0.2, 0) is 12.8 Å². The zero-order valence-corrected chi connectivity index (χ0v) is 18.6. The second-order valence-electron chi connectivity index (χ2n) is 9.56. The molecule has 160 valence electrons. The second-order valence-corrected chi connectivity index (χ2v) is 9.56. The Morgan fingerprint density at radius 1 is 0.576 bits per heavy atom. The SMILES string of the molecule is C1=[N+]2[C@@H](c3ccccc3)Cc3ccccc3[C@@H]2[C@H]2c3ccccc3C[C@H](c3ccccc3)N12. The normalized spacial score (nSPS) is 24.8. The van der Waals surface area contributed by atoms with Crippen LogP contribution in [0.5, 0.6) is 0 Å². The van der Waals surface area contributed by atoms with Gasteiger partial charge in [0.25, 0.3) is 0 Å². The highest BCUT2D eigenvalue weighted by Gasteiger charge is 2.54. The lowest BCUT2D eigenvalue weighted by molar-refractivity contribution is -0.609. The fourth-order valence-electron chi connectivity index (χ4n) is 6.41.